The number of nitrogens with zero attached hydrogens (tertiary/aromatic N) is 3. The number of pyridine rings is 1. The van der Waals surface area contributed by atoms with Crippen LogP contribution in [-0.4, -0.2) is 39.0 Å². The number of anilines is 1. The van der Waals surface area contributed by atoms with Crippen LogP contribution in [0.2, 0.25) is 0 Å². The average molecular weight is 406 g/mol. The first-order valence-corrected chi connectivity index (χ1v) is 9.48. The Morgan fingerprint density at radius 3 is 2.40 bits per heavy atom. The van der Waals surface area contributed by atoms with Gasteiger partial charge >= 0.3 is 5.97 Å². The molecule has 0 fully saturated rings. The summed E-state index contributed by atoms with van der Waals surface area (Å²) >= 11 is 0. The Balaban J connectivity index is 1.52. The highest BCUT2D eigenvalue weighted by molar-refractivity contribution is 6.00. The zero-order chi connectivity index (χ0) is 21.5. The number of ketones is 1. The maximum Gasteiger partial charge on any atom is 0.340 e. The van der Waals surface area contributed by atoms with Crippen LogP contribution in [0.15, 0.2) is 61.1 Å². The number of esters is 1. The van der Waals surface area contributed by atoms with Gasteiger partial charge in [-0.25, -0.2) is 14.5 Å². The quantitative estimate of drug-likeness (QED) is 0.455. The maximum absolute atomic E-state index is 12.3. The highest BCUT2D eigenvalue weighted by Gasteiger charge is 2.13. The Labute approximate surface area is 173 Å². The lowest BCUT2D eigenvalue weighted by Crippen LogP contribution is -2.15. The van der Waals surface area contributed by atoms with Crippen molar-refractivity contribution in [2.24, 2.45) is 5.92 Å². The molecule has 0 aliphatic carbocycles. The molecule has 154 valence electrons. The fraction of sp³-hybridized carbons (Fsp3) is 0.227. The molecule has 0 aliphatic rings. The van der Waals surface area contributed by atoms with Crippen molar-refractivity contribution in [2.45, 2.75) is 20.3 Å². The van der Waals surface area contributed by atoms with Gasteiger partial charge in [0.1, 0.15) is 0 Å². The number of rotatable bonds is 8. The molecule has 8 heteroatoms. The summed E-state index contributed by atoms with van der Waals surface area (Å²) in [5.41, 5.74) is 1.23. The Bertz CT molecular complexity index is 1010. The smallest absolute Gasteiger partial charge is 0.340 e. The second kappa shape index (κ2) is 9.60. The van der Waals surface area contributed by atoms with Crippen LogP contribution in [0.3, 0.4) is 0 Å². The summed E-state index contributed by atoms with van der Waals surface area (Å²) in [5.74, 6) is -0.235. The van der Waals surface area contributed by atoms with Gasteiger partial charge in [-0.3, -0.25) is 9.59 Å². The fourth-order valence-corrected chi connectivity index (χ4v) is 2.67. The van der Waals surface area contributed by atoms with E-state index in [0.29, 0.717) is 23.5 Å². The standard InChI is InChI=1S/C22H22N4O4/c1-15(2)12-21(28)25-18-7-4-16(5-8-18)19(27)14-30-22(29)17-6-9-20(23-13-17)26-11-3-10-24-26/h3-11,13,15H,12,14H2,1-2H3,(H,25,28). The van der Waals surface area contributed by atoms with E-state index in [4.69, 9.17) is 4.74 Å². The number of nitrogens with one attached hydrogen (secondary N) is 1. The molecule has 30 heavy (non-hydrogen) atoms. The summed E-state index contributed by atoms with van der Waals surface area (Å²) < 4.78 is 6.66. The number of ether oxygens (including phenoxy) is 1. The lowest BCUT2D eigenvalue weighted by Gasteiger charge is -2.08. The molecule has 3 aromatic rings. The van der Waals surface area contributed by atoms with Gasteiger partial charge in [-0.2, -0.15) is 5.10 Å². The number of carbonyl (C=O) groups is 3. The molecule has 2 heterocycles. The monoisotopic (exact) mass is 406 g/mol. The molecule has 8 nitrogen and oxygen atoms in total. The summed E-state index contributed by atoms with van der Waals surface area (Å²) in [6.45, 7) is 3.54. The van der Waals surface area contributed by atoms with E-state index in [1.165, 1.54) is 6.20 Å². The first-order valence-electron chi connectivity index (χ1n) is 9.48. The van der Waals surface area contributed by atoms with E-state index in [1.54, 1.807) is 59.5 Å². The van der Waals surface area contributed by atoms with Crippen molar-refractivity contribution in [2.75, 3.05) is 11.9 Å². The summed E-state index contributed by atoms with van der Waals surface area (Å²) in [4.78, 5) is 40.4. The zero-order valence-corrected chi connectivity index (χ0v) is 16.7. The van der Waals surface area contributed by atoms with Crippen LogP contribution in [0.1, 0.15) is 41.0 Å². The third-order valence-electron chi connectivity index (χ3n) is 4.14. The molecule has 0 spiro atoms. The first kappa shape index (κ1) is 20.9. The fourth-order valence-electron chi connectivity index (χ4n) is 2.67. The first-order chi connectivity index (χ1) is 14.4. The average Bonchev–Trinajstić information content (AvgIpc) is 3.26. The molecule has 0 bridgehead atoms. The van der Waals surface area contributed by atoms with Crippen LogP contribution in [0.5, 0.6) is 0 Å². The molecular formula is C22H22N4O4. The summed E-state index contributed by atoms with van der Waals surface area (Å²) in [6.07, 6.45) is 5.16. The number of Topliss-reactive ketones (excluding diaryl/α,β-unsaturated/α-hetero) is 1. The molecule has 1 N–H and O–H groups in total. The van der Waals surface area contributed by atoms with E-state index in [-0.39, 0.29) is 23.2 Å². The van der Waals surface area contributed by atoms with Crippen molar-refractivity contribution in [1.29, 1.82) is 0 Å². The van der Waals surface area contributed by atoms with Crippen molar-refractivity contribution in [1.82, 2.24) is 14.8 Å². The minimum atomic E-state index is -0.638. The van der Waals surface area contributed by atoms with Gasteiger partial charge in [-0.05, 0) is 48.4 Å². The molecule has 1 amide bonds. The van der Waals surface area contributed by atoms with Gasteiger partial charge in [0.2, 0.25) is 5.91 Å². The molecule has 0 radical (unpaired) electrons. The van der Waals surface area contributed by atoms with Gasteiger partial charge in [-0.1, -0.05) is 13.8 Å². The van der Waals surface area contributed by atoms with Crippen molar-refractivity contribution in [3.05, 3.63) is 72.2 Å². The topological polar surface area (TPSA) is 103 Å². The highest BCUT2D eigenvalue weighted by Crippen LogP contribution is 2.12. The number of aromatic nitrogens is 3. The number of carbonyl (C=O) groups excluding carboxylic acids is 3. The highest BCUT2D eigenvalue weighted by atomic mass is 16.5. The Morgan fingerprint density at radius 1 is 1.07 bits per heavy atom. The third kappa shape index (κ3) is 5.60. The Kier molecular flexibility index (Phi) is 6.69. The van der Waals surface area contributed by atoms with Crippen molar-refractivity contribution < 1.29 is 19.1 Å². The summed E-state index contributed by atoms with van der Waals surface area (Å²) in [5, 5.41) is 6.84. The summed E-state index contributed by atoms with van der Waals surface area (Å²) in [6, 6.07) is 11.4. The van der Waals surface area contributed by atoms with Crippen molar-refractivity contribution >= 4 is 23.3 Å². The molecule has 0 aliphatic heterocycles. The van der Waals surface area contributed by atoms with Crippen LogP contribution < -0.4 is 5.32 Å². The van der Waals surface area contributed by atoms with Crippen LogP contribution in [0.25, 0.3) is 5.82 Å². The largest absolute Gasteiger partial charge is 0.454 e. The maximum atomic E-state index is 12.3. The molecule has 0 saturated heterocycles. The van der Waals surface area contributed by atoms with Gasteiger partial charge in [0, 0.05) is 36.3 Å². The van der Waals surface area contributed by atoms with Crippen molar-refractivity contribution in [3.63, 3.8) is 0 Å². The minimum Gasteiger partial charge on any atom is -0.454 e. The van der Waals surface area contributed by atoms with Gasteiger partial charge in [0.15, 0.2) is 18.2 Å². The van der Waals surface area contributed by atoms with Gasteiger partial charge < -0.3 is 10.1 Å². The third-order valence-corrected chi connectivity index (χ3v) is 4.14. The molecule has 1 aromatic carbocycles. The molecular weight excluding hydrogens is 384 g/mol. The normalized spacial score (nSPS) is 10.6. The zero-order valence-electron chi connectivity index (χ0n) is 16.7. The molecule has 3 rings (SSSR count). The van der Waals surface area contributed by atoms with Crippen LogP contribution in [0.4, 0.5) is 5.69 Å². The van der Waals surface area contributed by atoms with Crippen LogP contribution >= 0.6 is 0 Å². The molecule has 2 aromatic heterocycles. The van der Waals surface area contributed by atoms with E-state index in [9.17, 15) is 14.4 Å². The molecule has 0 unspecified atom stereocenters. The number of hydrogen-bond donors (Lipinski definition) is 1. The SMILES string of the molecule is CC(C)CC(=O)Nc1ccc(C(=O)COC(=O)c2ccc(-n3cccn3)nc2)cc1. The predicted molar refractivity (Wildman–Crippen MR) is 110 cm³/mol. The summed E-state index contributed by atoms with van der Waals surface area (Å²) in [7, 11) is 0. The number of hydrogen-bond acceptors (Lipinski definition) is 6. The molecule has 0 atom stereocenters. The second-order valence-electron chi connectivity index (χ2n) is 7.08. The number of benzene rings is 1. The van der Waals surface area contributed by atoms with Crippen LogP contribution in [-0.2, 0) is 9.53 Å². The van der Waals surface area contributed by atoms with Crippen molar-refractivity contribution in [3.8, 4) is 5.82 Å². The van der Waals surface area contributed by atoms with E-state index >= 15 is 0 Å². The molecule has 0 saturated carbocycles. The predicted octanol–water partition coefficient (Wildman–Crippen LogP) is 3.29. The van der Waals surface area contributed by atoms with Gasteiger partial charge in [0.25, 0.3) is 0 Å². The van der Waals surface area contributed by atoms with Gasteiger partial charge in [-0.15, -0.1) is 0 Å². The lowest BCUT2D eigenvalue weighted by atomic mass is 10.1. The lowest BCUT2D eigenvalue weighted by molar-refractivity contribution is -0.116. The Morgan fingerprint density at radius 2 is 1.80 bits per heavy atom. The van der Waals surface area contributed by atoms with Crippen LogP contribution in [0, 0.1) is 5.92 Å². The van der Waals surface area contributed by atoms with E-state index in [1.807, 2.05) is 13.8 Å². The van der Waals surface area contributed by atoms with E-state index in [2.05, 4.69) is 15.4 Å². The number of amides is 1. The minimum absolute atomic E-state index is 0.0785. The van der Waals surface area contributed by atoms with Gasteiger partial charge in [0.05, 0.1) is 5.56 Å². The second-order valence-corrected chi connectivity index (χ2v) is 7.08. The van der Waals surface area contributed by atoms with E-state index in [0.717, 1.165) is 0 Å². The van der Waals surface area contributed by atoms with E-state index < -0.39 is 12.6 Å². The Hall–Kier alpha value is -3.81.